The van der Waals surface area contributed by atoms with Gasteiger partial charge in [0.05, 0.1) is 11.6 Å². The van der Waals surface area contributed by atoms with Crippen LogP contribution in [0.1, 0.15) is 28.8 Å². The number of hydrogen-bond donors (Lipinski definition) is 1. The van der Waals surface area contributed by atoms with E-state index in [2.05, 4.69) is 10.3 Å². The first-order valence-electron chi connectivity index (χ1n) is 9.30. The van der Waals surface area contributed by atoms with Gasteiger partial charge in [0.2, 0.25) is 0 Å². The lowest BCUT2D eigenvalue weighted by Crippen LogP contribution is -2.52. The monoisotopic (exact) mass is 365 g/mol. The number of aryl methyl sites for hydroxylation is 1. The Morgan fingerprint density at radius 2 is 2.07 bits per heavy atom. The van der Waals surface area contributed by atoms with Gasteiger partial charge in [0.15, 0.2) is 6.61 Å². The number of nitrogens with zero attached hydrogens (tertiary/aromatic N) is 2. The maximum Gasteiger partial charge on any atom is 0.260 e. The summed E-state index contributed by atoms with van der Waals surface area (Å²) in [5.74, 6) is 1.02. The number of pyridine rings is 1. The number of likely N-dealkylation sites (tertiary alicyclic amines) is 1. The van der Waals surface area contributed by atoms with Crippen molar-refractivity contribution in [3.05, 3.63) is 59.9 Å². The van der Waals surface area contributed by atoms with Crippen LogP contribution in [0.5, 0.6) is 5.75 Å². The minimum Gasteiger partial charge on any atom is -0.484 e. The van der Waals surface area contributed by atoms with Gasteiger partial charge in [-0.2, -0.15) is 0 Å². The Morgan fingerprint density at radius 3 is 2.81 bits per heavy atom. The average Bonchev–Trinajstić information content (AvgIpc) is 3.28. The standard InChI is InChI=1S/C21H23N3O3/c1-14-5-2-3-7-19(14)27-13-20(25)24-12-15-9-17(18(24)10-15)23-21(26)16-6-4-8-22-11-16/h2-8,11,15,17-18H,9-10,12-13H2,1H3,(H,23,26)/t15-,17+,18-/m1/s1. The summed E-state index contributed by atoms with van der Waals surface area (Å²) in [6.07, 6.45) is 5.05. The van der Waals surface area contributed by atoms with E-state index in [4.69, 9.17) is 4.74 Å². The zero-order valence-electron chi connectivity index (χ0n) is 15.3. The van der Waals surface area contributed by atoms with Gasteiger partial charge in [0, 0.05) is 25.0 Å². The number of carbonyl (C=O) groups excluding carboxylic acids is 2. The molecule has 1 aliphatic heterocycles. The number of carbonyl (C=O) groups is 2. The molecule has 2 bridgehead atoms. The summed E-state index contributed by atoms with van der Waals surface area (Å²) in [4.78, 5) is 31.0. The number of amides is 2. The van der Waals surface area contributed by atoms with Crippen molar-refractivity contribution in [3.8, 4) is 5.75 Å². The number of aromatic nitrogens is 1. The first kappa shape index (κ1) is 17.5. The Morgan fingerprint density at radius 1 is 1.22 bits per heavy atom. The van der Waals surface area contributed by atoms with Gasteiger partial charge in [-0.1, -0.05) is 18.2 Å². The van der Waals surface area contributed by atoms with Gasteiger partial charge in [0.1, 0.15) is 5.75 Å². The van der Waals surface area contributed by atoms with Crippen LogP contribution in [0.4, 0.5) is 0 Å². The molecule has 2 aliphatic rings. The highest BCUT2D eigenvalue weighted by atomic mass is 16.5. The molecule has 4 rings (SSSR count). The van der Waals surface area contributed by atoms with Crippen molar-refractivity contribution in [1.82, 2.24) is 15.2 Å². The summed E-state index contributed by atoms with van der Waals surface area (Å²) in [7, 11) is 0. The van der Waals surface area contributed by atoms with Crippen LogP contribution in [0.15, 0.2) is 48.8 Å². The van der Waals surface area contributed by atoms with Gasteiger partial charge in [0.25, 0.3) is 11.8 Å². The molecule has 1 N–H and O–H groups in total. The third-order valence-corrected chi connectivity index (χ3v) is 5.49. The SMILES string of the molecule is Cc1ccccc1OCC(=O)N1C[C@@H]2C[C@H](NC(=O)c3cccnc3)[C@H]1C2. The predicted octanol–water partition coefficient (Wildman–Crippen LogP) is 2.19. The van der Waals surface area contributed by atoms with Crippen LogP contribution in [0.25, 0.3) is 0 Å². The maximum absolute atomic E-state index is 12.7. The number of fused-ring (bicyclic) bond motifs is 2. The lowest BCUT2D eigenvalue weighted by Gasteiger charge is -2.33. The largest absolute Gasteiger partial charge is 0.484 e. The van der Waals surface area contributed by atoms with E-state index in [0.29, 0.717) is 11.5 Å². The highest BCUT2D eigenvalue weighted by molar-refractivity contribution is 5.94. The topological polar surface area (TPSA) is 71.5 Å². The molecule has 2 heterocycles. The van der Waals surface area contributed by atoms with E-state index < -0.39 is 0 Å². The third-order valence-electron chi connectivity index (χ3n) is 5.49. The molecule has 3 atom stereocenters. The van der Waals surface area contributed by atoms with Gasteiger partial charge < -0.3 is 15.0 Å². The summed E-state index contributed by atoms with van der Waals surface area (Å²) in [6, 6.07) is 11.2. The van der Waals surface area contributed by atoms with Crippen LogP contribution in [-0.4, -0.2) is 46.9 Å². The fraction of sp³-hybridized carbons (Fsp3) is 0.381. The van der Waals surface area contributed by atoms with Crippen LogP contribution >= 0.6 is 0 Å². The quantitative estimate of drug-likeness (QED) is 0.882. The number of benzene rings is 1. The Balaban J connectivity index is 1.37. The molecule has 2 fully saturated rings. The summed E-state index contributed by atoms with van der Waals surface area (Å²) >= 11 is 0. The summed E-state index contributed by atoms with van der Waals surface area (Å²) < 4.78 is 5.72. The fourth-order valence-electron chi connectivity index (χ4n) is 4.16. The highest BCUT2D eigenvalue weighted by Crippen LogP contribution is 2.38. The Bertz CT molecular complexity index is 840. The molecule has 1 aromatic carbocycles. The van der Waals surface area contributed by atoms with Crippen LogP contribution in [0.3, 0.4) is 0 Å². The van der Waals surface area contributed by atoms with Crippen molar-refractivity contribution in [2.24, 2.45) is 5.92 Å². The van der Waals surface area contributed by atoms with Crippen LogP contribution in [0.2, 0.25) is 0 Å². The lowest BCUT2D eigenvalue weighted by molar-refractivity contribution is -0.135. The Kier molecular flexibility index (Phi) is 4.79. The molecule has 1 aliphatic carbocycles. The molecule has 0 unspecified atom stereocenters. The van der Waals surface area contributed by atoms with Crippen molar-refractivity contribution in [2.45, 2.75) is 31.8 Å². The fourth-order valence-corrected chi connectivity index (χ4v) is 4.16. The van der Waals surface area contributed by atoms with E-state index in [1.54, 1.807) is 24.5 Å². The second-order valence-electron chi connectivity index (χ2n) is 7.33. The van der Waals surface area contributed by atoms with Gasteiger partial charge >= 0.3 is 0 Å². The number of para-hydroxylation sites is 1. The molecular formula is C21H23N3O3. The predicted molar refractivity (Wildman–Crippen MR) is 100 cm³/mol. The zero-order valence-corrected chi connectivity index (χ0v) is 15.3. The Hall–Kier alpha value is -2.89. The zero-order chi connectivity index (χ0) is 18.8. The second kappa shape index (κ2) is 7.39. The summed E-state index contributed by atoms with van der Waals surface area (Å²) in [5, 5.41) is 3.08. The molecule has 2 aromatic rings. The van der Waals surface area contributed by atoms with Gasteiger partial charge in [-0.15, -0.1) is 0 Å². The van der Waals surface area contributed by atoms with E-state index >= 15 is 0 Å². The molecule has 2 amide bonds. The van der Waals surface area contributed by atoms with Gasteiger partial charge in [-0.25, -0.2) is 0 Å². The van der Waals surface area contributed by atoms with E-state index in [9.17, 15) is 9.59 Å². The first-order valence-corrected chi connectivity index (χ1v) is 9.30. The number of hydrogen-bond acceptors (Lipinski definition) is 4. The molecule has 0 spiro atoms. The molecule has 1 aromatic heterocycles. The van der Waals surface area contributed by atoms with Crippen LogP contribution in [0, 0.1) is 12.8 Å². The summed E-state index contributed by atoms with van der Waals surface area (Å²) in [5.41, 5.74) is 1.55. The molecule has 27 heavy (non-hydrogen) atoms. The number of nitrogens with one attached hydrogen (secondary N) is 1. The molecule has 6 nitrogen and oxygen atoms in total. The second-order valence-corrected chi connectivity index (χ2v) is 7.33. The molecule has 6 heteroatoms. The van der Waals surface area contributed by atoms with Crippen molar-refractivity contribution in [1.29, 1.82) is 0 Å². The van der Waals surface area contributed by atoms with E-state index in [0.717, 1.165) is 30.7 Å². The van der Waals surface area contributed by atoms with E-state index in [1.165, 1.54) is 0 Å². The Labute approximate surface area is 158 Å². The summed E-state index contributed by atoms with van der Waals surface area (Å²) in [6.45, 7) is 2.73. The lowest BCUT2D eigenvalue weighted by atomic mass is 10.0. The van der Waals surface area contributed by atoms with Crippen LogP contribution in [-0.2, 0) is 4.79 Å². The molecule has 0 radical (unpaired) electrons. The van der Waals surface area contributed by atoms with Crippen molar-refractivity contribution >= 4 is 11.8 Å². The number of piperidine rings is 1. The highest BCUT2D eigenvalue weighted by Gasteiger charge is 2.47. The third kappa shape index (κ3) is 3.65. The minimum absolute atomic E-state index is 0.0149. The van der Waals surface area contributed by atoms with E-state index in [-0.39, 0.29) is 30.5 Å². The number of rotatable bonds is 5. The van der Waals surface area contributed by atoms with Gasteiger partial charge in [-0.05, 0) is 49.4 Å². The molecule has 140 valence electrons. The van der Waals surface area contributed by atoms with Crippen molar-refractivity contribution in [3.63, 3.8) is 0 Å². The average molecular weight is 365 g/mol. The van der Waals surface area contributed by atoms with Crippen LogP contribution < -0.4 is 10.1 Å². The molecule has 1 saturated carbocycles. The molecular weight excluding hydrogens is 342 g/mol. The van der Waals surface area contributed by atoms with Crippen molar-refractivity contribution < 1.29 is 14.3 Å². The van der Waals surface area contributed by atoms with Crippen molar-refractivity contribution in [2.75, 3.05) is 13.2 Å². The van der Waals surface area contributed by atoms with Gasteiger partial charge in [-0.3, -0.25) is 14.6 Å². The van der Waals surface area contributed by atoms with E-state index in [1.807, 2.05) is 36.1 Å². The molecule has 1 saturated heterocycles. The first-order chi connectivity index (χ1) is 13.1. The smallest absolute Gasteiger partial charge is 0.260 e. The number of ether oxygens (including phenoxy) is 1. The normalized spacial score (nSPS) is 23.3. The minimum atomic E-state index is -0.135. The maximum atomic E-state index is 12.7.